The number of hydrogen-bond acceptors (Lipinski definition) is 2. The molecule has 0 aliphatic rings. The fraction of sp³-hybridized carbons (Fsp3) is 0.0909. The second-order valence-corrected chi connectivity index (χ2v) is 5.93. The predicted octanol–water partition coefficient (Wildman–Crippen LogP) is 4.49. The first-order valence-electron chi connectivity index (χ1n) is 4.65. The SMILES string of the molecule is NC(c1cc(Br)c(Cl)s1)c1cccc(F)c1F. The van der Waals surface area contributed by atoms with Gasteiger partial charge in [-0.25, -0.2) is 8.78 Å². The van der Waals surface area contributed by atoms with E-state index in [1.54, 1.807) is 6.07 Å². The highest BCUT2D eigenvalue weighted by Crippen LogP contribution is 2.37. The minimum Gasteiger partial charge on any atom is -0.320 e. The van der Waals surface area contributed by atoms with E-state index in [1.165, 1.54) is 23.5 Å². The third-order valence-electron chi connectivity index (χ3n) is 2.29. The molecule has 1 atom stereocenters. The monoisotopic (exact) mass is 337 g/mol. The molecule has 0 aliphatic carbocycles. The van der Waals surface area contributed by atoms with E-state index in [0.29, 0.717) is 13.7 Å². The van der Waals surface area contributed by atoms with Crippen molar-refractivity contribution in [1.29, 1.82) is 0 Å². The Kier molecular flexibility index (Phi) is 3.82. The average molecular weight is 339 g/mol. The van der Waals surface area contributed by atoms with Crippen molar-refractivity contribution >= 4 is 38.9 Å². The molecule has 0 aliphatic heterocycles. The Morgan fingerprint density at radius 3 is 2.65 bits per heavy atom. The van der Waals surface area contributed by atoms with Gasteiger partial charge in [-0.15, -0.1) is 11.3 Å². The summed E-state index contributed by atoms with van der Waals surface area (Å²) in [6.45, 7) is 0. The number of rotatable bonds is 2. The summed E-state index contributed by atoms with van der Waals surface area (Å²) in [5, 5.41) is 0. The van der Waals surface area contributed by atoms with Crippen LogP contribution in [0, 0.1) is 11.6 Å². The van der Waals surface area contributed by atoms with Crippen LogP contribution >= 0.6 is 38.9 Å². The Morgan fingerprint density at radius 1 is 1.35 bits per heavy atom. The van der Waals surface area contributed by atoms with Crippen LogP contribution in [0.3, 0.4) is 0 Å². The summed E-state index contributed by atoms with van der Waals surface area (Å²) in [5.74, 6) is -1.82. The van der Waals surface area contributed by atoms with E-state index in [0.717, 1.165) is 6.07 Å². The molecule has 0 bridgehead atoms. The van der Waals surface area contributed by atoms with Crippen molar-refractivity contribution in [3.63, 3.8) is 0 Å². The molecule has 1 aromatic heterocycles. The number of hydrogen-bond donors (Lipinski definition) is 1. The smallest absolute Gasteiger partial charge is 0.163 e. The summed E-state index contributed by atoms with van der Waals surface area (Å²) in [5.41, 5.74) is 6.01. The van der Waals surface area contributed by atoms with E-state index in [4.69, 9.17) is 17.3 Å². The van der Waals surface area contributed by atoms with Gasteiger partial charge in [0.2, 0.25) is 0 Å². The molecule has 0 saturated heterocycles. The topological polar surface area (TPSA) is 26.0 Å². The molecule has 1 nitrogen and oxygen atoms in total. The molecular formula is C11H7BrClF2NS. The summed E-state index contributed by atoms with van der Waals surface area (Å²) in [6.07, 6.45) is 0. The van der Waals surface area contributed by atoms with Crippen molar-refractivity contribution in [3.8, 4) is 0 Å². The van der Waals surface area contributed by atoms with Crippen molar-refractivity contribution in [1.82, 2.24) is 0 Å². The van der Waals surface area contributed by atoms with E-state index in [2.05, 4.69) is 15.9 Å². The van der Waals surface area contributed by atoms with Gasteiger partial charge in [-0.05, 0) is 28.1 Å². The van der Waals surface area contributed by atoms with Crippen molar-refractivity contribution in [2.75, 3.05) is 0 Å². The third-order valence-corrected chi connectivity index (χ3v) is 4.85. The summed E-state index contributed by atoms with van der Waals surface area (Å²) < 4.78 is 27.9. The highest BCUT2D eigenvalue weighted by atomic mass is 79.9. The number of nitrogens with two attached hydrogens (primary N) is 1. The lowest BCUT2D eigenvalue weighted by molar-refractivity contribution is 0.495. The van der Waals surface area contributed by atoms with Crippen LogP contribution in [0.5, 0.6) is 0 Å². The molecule has 2 rings (SSSR count). The Labute approximate surface area is 114 Å². The molecule has 1 unspecified atom stereocenters. The van der Waals surface area contributed by atoms with Gasteiger partial charge in [-0.1, -0.05) is 23.7 Å². The molecule has 2 N–H and O–H groups in total. The van der Waals surface area contributed by atoms with Crippen LogP contribution in [-0.4, -0.2) is 0 Å². The van der Waals surface area contributed by atoms with Crippen molar-refractivity contribution in [2.24, 2.45) is 5.73 Å². The fourth-order valence-corrected chi connectivity index (χ4v) is 3.19. The Bertz CT molecular complexity index is 539. The Morgan fingerprint density at radius 2 is 2.06 bits per heavy atom. The molecule has 2 aromatic rings. The van der Waals surface area contributed by atoms with E-state index in [-0.39, 0.29) is 5.56 Å². The van der Waals surface area contributed by atoms with Crippen LogP contribution in [0.1, 0.15) is 16.5 Å². The summed E-state index contributed by atoms with van der Waals surface area (Å²) in [4.78, 5) is 0.673. The van der Waals surface area contributed by atoms with E-state index >= 15 is 0 Å². The minimum atomic E-state index is -0.916. The van der Waals surface area contributed by atoms with Gasteiger partial charge in [0, 0.05) is 14.9 Å². The molecule has 1 aromatic carbocycles. The van der Waals surface area contributed by atoms with Crippen molar-refractivity contribution in [2.45, 2.75) is 6.04 Å². The number of benzene rings is 1. The molecule has 0 radical (unpaired) electrons. The fourth-order valence-electron chi connectivity index (χ4n) is 1.43. The Balaban J connectivity index is 2.43. The lowest BCUT2D eigenvalue weighted by atomic mass is 10.1. The van der Waals surface area contributed by atoms with Gasteiger partial charge in [-0.3, -0.25) is 0 Å². The van der Waals surface area contributed by atoms with Crippen molar-refractivity contribution < 1.29 is 8.78 Å². The van der Waals surface area contributed by atoms with E-state index < -0.39 is 17.7 Å². The standard InChI is InChI=1S/C11H7BrClF2NS/c12-6-4-8(17-11(6)13)10(16)5-2-1-3-7(14)9(5)15/h1-4,10H,16H2. The van der Waals surface area contributed by atoms with Gasteiger partial charge in [0.1, 0.15) is 4.34 Å². The van der Waals surface area contributed by atoms with Gasteiger partial charge >= 0.3 is 0 Å². The van der Waals surface area contributed by atoms with Gasteiger partial charge < -0.3 is 5.73 Å². The lowest BCUT2D eigenvalue weighted by Crippen LogP contribution is -2.12. The quantitative estimate of drug-likeness (QED) is 0.858. The third kappa shape index (κ3) is 2.52. The molecule has 0 fully saturated rings. The average Bonchev–Trinajstić information content (AvgIpc) is 2.62. The largest absolute Gasteiger partial charge is 0.320 e. The van der Waals surface area contributed by atoms with Crippen LogP contribution in [0.4, 0.5) is 8.78 Å². The number of thiophene rings is 1. The predicted molar refractivity (Wildman–Crippen MR) is 69.4 cm³/mol. The summed E-state index contributed by atoms with van der Waals surface area (Å²) >= 11 is 10.4. The zero-order valence-electron chi connectivity index (χ0n) is 8.38. The maximum atomic E-state index is 13.6. The number of halogens is 4. The molecule has 90 valence electrons. The lowest BCUT2D eigenvalue weighted by Gasteiger charge is -2.11. The molecule has 1 heterocycles. The molecule has 0 spiro atoms. The summed E-state index contributed by atoms with van der Waals surface area (Å²) in [7, 11) is 0. The highest BCUT2D eigenvalue weighted by Gasteiger charge is 2.19. The maximum absolute atomic E-state index is 13.6. The van der Waals surface area contributed by atoms with Crippen LogP contribution in [-0.2, 0) is 0 Å². The molecule has 17 heavy (non-hydrogen) atoms. The Hall–Kier alpha value is -0.490. The van der Waals surface area contributed by atoms with E-state index in [9.17, 15) is 8.78 Å². The normalized spacial score (nSPS) is 12.8. The zero-order chi connectivity index (χ0) is 12.6. The maximum Gasteiger partial charge on any atom is 0.163 e. The second kappa shape index (κ2) is 5.02. The molecule has 6 heteroatoms. The van der Waals surface area contributed by atoms with Gasteiger partial charge in [-0.2, -0.15) is 0 Å². The molecular weight excluding hydrogens is 332 g/mol. The van der Waals surface area contributed by atoms with Crippen LogP contribution < -0.4 is 5.73 Å². The van der Waals surface area contributed by atoms with Crippen LogP contribution in [0.2, 0.25) is 4.34 Å². The van der Waals surface area contributed by atoms with Gasteiger partial charge in [0.25, 0.3) is 0 Å². The van der Waals surface area contributed by atoms with E-state index in [1.807, 2.05) is 0 Å². The minimum absolute atomic E-state index is 0.121. The van der Waals surface area contributed by atoms with Gasteiger partial charge in [0.15, 0.2) is 11.6 Å². The molecule has 0 amide bonds. The second-order valence-electron chi connectivity index (χ2n) is 3.39. The van der Waals surface area contributed by atoms with Crippen LogP contribution in [0.25, 0.3) is 0 Å². The molecule has 0 saturated carbocycles. The van der Waals surface area contributed by atoms with Gasteiger partial charge in [0.05, 0.1) is 6.04 Å². The first-order chi connectivity index (χ1) is 8.00. The first kappa shape index (κ1) is 13.0. The zero-order valence-corrected chi connectivity index (χ0v) is 11.5. The van der Waals surface area contributed by atoms with Crippen LogP contribution in [0.15, 0.2) is 28.7 Å². The summed E-state index contributed by atoms with van der Waals surface area (Å²) in [6, 6.07) is 4.94. The highest BCUT2D eigenvalue weighted by molar-refractivity contribution is 9.10. The van der Waals surface area contributed by atoms with Crippen molar-refractivity contribution in [3.05, 3.63) is 55.1 Å². The first-order valence-corrected chi connectivity index (χ1v) is 6.63.